The van der Waals surface area contributed by atoms with Crippen LogP contribution in [0.4, 0.5) is 4.39 Å². The fourth-order valence-electron chi connectivity index (χ4n) is 2.00. The molecule has 2 nitrogen and oxygen atoms in total. The van der Waals surface area contributed by atoms with Gasteiger partial charge in [-0.2, -0.15) is 0 Å². The van der Waals surface area contributed by atoms with Crippen LogP contribution in [-0.2, 0) is 10.2 Å². The smallest absolute Gasteiger partial charge is 0.228 e. The maximum absolute atomic E-state index is 13.0. The van der Waals surface area contributed by atoms with Crippen LogP contribution in [-0.4, -0.2) is 5.91 Å². The lowest BCUT2D eigenvalue weighted by atomic mass is 9.64. The van der Waals surface area contributed by atoms with Crippen molar-refractivity contribution in [2.45, 2.75) is 24.7 Å². The molecule has 0 bridgehead atoms. The quantitative estimate of drug-likeness (QED) is 0.828. The fraction of sp³-hybridized carbons (Fsp3) is 0.364. The molecule has 0 aliphatic heterocycles. The SMILES string of the molecule is NC(=O)C1(c2ccc(F)c(Cl)c2)CCC1. The van der Waals surface area contributed by atoms with Gasteiger partial charge in [0.05, 0.1) is 10.4 Å². The number of hydrogen-bond donors (Lipinski definition) is 1. The highest BCUT2D eigenvalue weighted by atomic mass is 35.5. The highest BCUT2D eigenvalue weighted by Crippen LogP contribution is 2.44. The summed E-state index contributed by atoms with van der Waals surface area (Å²) in [4.78, 5) is 11.4. The van der Waals surface area contributed by atoms with Gasteiger partial charge in [-0.3, -0.25) is 4.79 Å². The van der Waals surface area contributed by atoms with Crippen molar-refractivity contribution < 1.29 is 9.18 Å². The first-order chi connectivity index (χ1) is 7.06. The van der Waals surface area contributed by atoms with E-state index in [1.54, 1.807) is 6.07 Å². The first-order valence-electron chi connectivity index (χ1n) is 4.82. The summed E-state index contributed by atoms with van der Waals surface area (Å²) in [5, 5.41) is 0.0417. The second kappa shape index (κ2) is 3.49. The van der Waals surface area contributed by atoms with Crippen LogP contribution in [0, 0.1) is 5.82 Å². The van der Waals surface area contributed by atoms with Gasteiger partial charge in [-0.15, -0.1) is 0 Å². The van der Waals surface area contributed by atoms with E-state index in [0.29, 0.717) is 0 Å². The highest BCUT2D eigenvalue weighted by Gasteiger charge is 2.44. The number of carbonyl (C=O) groups excluding carboxylic acids is 1. The van der Waals surface area contributed by atoms with Gasteiger partial charge in [-0.25, -0.2) is 4.39 Å². The number of rotatable bonds is 2. The van der Waals surface area contributed by atoms with Crippen molar-refractivity contribution in [2.75, 3.05) is 0 Å². The molecule has 1 saturated carbocycles. The van der Waals surface area contributed by atoms with Gasteiger partial charge in [0.1, 0.15) is 5.82 Å². The molecule has 1 aliphatic carbocycles. The number of carbonyl (C=O) groups is 1. The molecule has 1 amide bonds. The Morgan fingerprint density at radius 1 is 1.47 bits per heavy atom. The molecule has 0 radical (unpaired) electrons. The summed E-state index contributed by atoms with van der Waals surface area (Å²) in [5.41, 5.74) is 5.49. The molecule has 2 N–H and O–H groups in total. The van der Waals surface area contributed by atoms with Crippen LogP contribution >= 0.6 is 11.6 Å². The summed E-state index contributed by atoms with van der Waals surface area (Å²) < 4.78 is 13.0. The zero-order valence-corrected chi connectivity index (χ0v) is 8.85. The molecule has 0 aromatic heterocycles. The summed E-state index contributed by atoms with van der Waals surface area (Å²) in [6, 6.07) is 4.37. The van der Waals surface area contributed by atoms with Crippen LogP contribution in [0.1, 0.15) is 24.8 Å². The van der Waals surface area contributed by atoms with Crippen molar-refractivity contribution in [1.82, 2.24) is 0 Å². The van der Waals surface area contributed by atoms with Crippen LogP contribution in [0.3, 0.4) is 0 Å². The van der Waals surface area contributed by atoms with Gasteiger partial charge >= 0.3 is 0 Å². The highest BCUT2D eigenvalue weighted by molar-refractivity contribution is 6.30. The lowest BCUT2D eigenvalue weighted by molar-refractivity contribution is -0.126. The van der Waals surface area contributed by atoms with Crippen molar-refractivity contribution >= 4 is 17.5 Å². The molecule has 2 rings (SSSR count). The van der Waals surface area contributed by atoms with Gasteiger partial charge in [0.15, 0.2) is 0 Å². The zero-order chi connectivity index (χ0) is 11.1. The van der Waals surface area contributed by atoms with Crippen LogP contribution in [0.25, 0.3) is 0 Å². The Morgan fingerprint density at radius 2 is 2.13 bits per heavy atom. The predicted molar refractivity (Wildman–Crippen MR) is 56.1 cm³/mol. The molecule has 1 fully saturated rings. The topological polar surface area (TPSA) is 43.1 Å². The number of hydrogen-bond acceptors (Lipinski definition) is 1. The summed E-state index contributed by atoms with van der Waals surface area (Å²) in [5.74, 6) is -0.823. The third kappa shape index (κ3) is 1.51. The molecule has 0 saturated heterocycles. The Labute approximate surface area is 92.2 Å². The lowest BCUT2D eigenvalue weighted by Gasteiger charge is -2.39. The number of nitrogens with two attached hydrogens (primary N) is 1. The molecule has 0 heterocycles. The number of primary amides is 1. The van der Waals surface area contributed by atoms with E-state index in [0.717, 1.165) is 24.8 Å². The van der Waals surface area contributed by atoms with Crippen LogP contribution < -0.4 is 5.73 Å². The van der Waals surface area contributed by atoms with Crippen molar-refractivity contribution in [3.05, 3.63) is 34.6 Å². The largest absolute Gasteiger partial charge is 0.369 e. The lowest BCUT2D eigenvalue weighted by Crippen LogP contribution is -2.46. The second-order valence-electron chi connectivity index (χ2n) is 3.93. The third-order valence-corrected chi connectivity index (χ3v) is 3.44. The van der Waals surface area contributed by atoms with Crippen molar-refractivity contribution in [2.24, 2.45) is 5.73 Å². The minimum Gasteiger partial charge on any atom is -0.369 e. The molecule has 0 atom stereocenters. The van der Waals surface area contributed by atoms with Gasteiger partial charge in [-0.1, -0.05) is 24.1 Å². The standard InChI is InChI=1S/C11H11ClFNO/c12-8-6-7(2-3-9(8)13)11(10(14)15)4-1-5-11/h2-3,6H,1,4-5H2,(H2,14,15). The van der Waals surface area contributed by atoms with E-state index in [4.69, 9.17) is 17.3 Å². The van der Waals surface area contributed by atoms with Gasteiger partial charge in [0.2, 0.25) is 5.91 Å². The van der Waals surface area contributed by atoms with E-state index in [2.05, 4.69) is 0 Å². The molecule has 80 valence electrons. The van der Waals surface area contributed by atoms with E-state index < -0.39 is 11.2 Å². The predicted octanol–water partition coefficient (Wildman–Crippen LogP) is 2.39. The van der Waals surface area contributed by atoms with Crippen LogP contribution in [0.15, 0.2) is 18.2 Å². The van der Waals surface area contributed by atoms with Gasteiger partial charge in [0.25, 0.3) is 0 Å². The van der Waals surface area contributed by atoms with E-state index >= 15 is 0 Å². The molecule has 4 heteroatoms. The number of benzene rings is 1. The molecule has 1 aromatic carbocycles. The molecule has 0 spiro atoms. The van der Waals surface area contributed by atoms with Crippen LogP contribution in [0.2, 0.25) is 5.02 Å². The van der Waals surface area contributed by atoms with Gasteiger partial charge in [-0.05, 0) is 30.5 Å². The summed E-state index contributed by atoms with van der Waals surface area (Å²) in [6.45, 7) is 0. The maximum Gasteiger partial charge on any atom is 0.228 e. The average Bonchev–Trinajstić information content (AvgIpc) is 2.08. The summed E-state index contributed by atoms with van der Waals surface area (Å²) in [6.07, 6.45) is 2.42. The maximum atomic E-state index is 13.0. The number of halogens is 2. The van der Waals surface area contributed by atoms with E-state index in [1.165, 1.54) is 12.1 Å². The fourth-order valence-corrected chi connectivity index (χ4v) is 2.18. The minimum atomic E-state index is -0.614. The van der Waals surface area contributed by atoms with Crippen molar-refractivity contribution in [1.29, 1.82) is 0 Å². The average molecular weight is 228 g/mol. The monoisotopic (exact) mass is 227 g/mol. The molecule has 1 aliphatic rings. The Morgan fingerprint density at radius 3 is 2.53 bits per heavy atom. The van der Waals surface area contributed by atoms with Gasteiger partial charge in [0, 0.05) is 0 Å². The Kier molecular flexibility index (Phi) is 2.43. The molecule has 0 unspecified atom stereocenters. The van der Waals surface area contributed by atoms with E-state index in [1.807, 2.05) is 0 Å². The normalized spacial score (nSPS) is 18.3. The van der Waals surface area contributed by atoms with E-state index in [9.17, 15) is 9.18 Å². The van der Waals surface area contributed by atoms with E-state index in [-0.39, 0.29) is 10.9 Å². The Hall–Kier alpha value is -1.09. The first-order valence-corrected chi connectivity index (χ1v) is 5.19. The molecule has 15 heavy (non-hydrogen) atoms. The first kappa shape index (κ1) is 10.4. The minimum absolute atomic E-state index is 0.0417. The zero-order valence-electron chi connectivity index (χ0n) is 8.09. The van der Waals surface area contributed by atoms with Gasteiger partial charge < -0.3 is 5.73 Å². The Balaban J connectivity index is 2.44. The Bertz CT molecular complexity index is 415. The number of amides is 1. The van der Waals surface area contributed by atoms with Crippen molar-refractivity contribution in [3.8, 4) is 0 Å². The van der Waals surface area contributed by atoms with Crippen LogP contribution in [0.5, 0.6) is 0 Å². The second-order valence-corrected chi connectivity index (χ2v) is 4.34. The molecule has 1 aromatic rings. The van der Waals surface area contributed by atoms with Crippen molar-refractivity contribution in [3.63, 3.8) is 0 Å². The molecular formula is C11H11ClFNO. The molecular weight excluding hydrogens is 217 g/mol. The summed E-state index contributed by atoms with van der Waals surface area (Å²) >= 11 is 5.68. The summed E-state index contributed by atoms with van der Waals surface area (Å²) in [7, 11) is 0. The third-order valence-electron chi connectivity index (χ3n) is 3.15.